The molecule has 1 N–H and O–H groups in total. The first-order valence-corrected chi connectivity index (χ1v) is 5.92. The van der Waals surface area contributed by atoms with E-state index in [4.69, 9.17) is 0 Å². The Hall–Kier alpha value is -2.44. The molecule has 0 bridgehead atoms. The summed E-state index contributed by atoms with van der Waals surface area (Å²) in [6.07, 6.45) is -3.69. The third-order valence-electron chi connectivity index (χ3n) is 2.66. The average molecular weight is 298 g/mol. The molecular formula is C14H10F4N2O. The topological polar surface area (TPSA) is 42.0 Å². The van der Waals surface area contributed by atoms with Crippen LogP contribution in [0, 0.1) is 5.82 Å². The largest absolute Gasteiger partial charge is 0.433 e. The number of aromatic nitrogens is 1. The van der Waals surface area contributed by atoms with Crippen LogP contribution in [0.5, 0.6) is 0 Å². The van der Waals surface area contributed by atoms with Gasteiger partial charge in [-0.15, -0.1) is 0 Å². The average Bonchev–Trinajstić information content (AvgIpc) is 2.44. The summed E-state index contributed by atoms with van der Waals surface area (Å²) in [4.78, 5) is 14.9. The van der Waals surface area contributed by atoms with Gasteiger partial charge in [0.2, 0.25) is 0 Å². The second-order valence-corrected chi connectivity index (χ2v) is 4.24. The van der Waals surface area contributed by atoms with Gasteiger partial charge in [-0.1, -0.05) is 12.1 Å². The Morgan fingerprint density at radius 3 is 2.52 bits per heavy atom. The van der Waals surface area contributed by atoms with Crippen molar-refractivity contribution < 1.29 is 22.4 Å². The molecule has 7 heteroatoms. The van der Waals surface area contributed by atoms with E-state index in [0.29, 0.717) is 5.56 Å². The summed E-state index contributed by atoms with van der Waals surface area (Å²) in [6.45, 7) is 0.0671. The zero-order chi connectivity index (χ0) is 15.5. The van der Waals surface area contributed by atoms with Gasteiger partial charge in [0.15, 0.2) is 0 Å². The standard InChI is InChI=1S/C14H10F4N2O/c15-11-3-1-2-9(6-11)7-20-13(21)10-4-5-12(19-8-10)14(16,17)18/h1-6,8H,7H2,(H,20,21). The van der Waals surface area contributed by atoms with Crippen LogP contribution in [0.15, 0.2) is 42.6 Å². The summed E-state index contributed by atoms with van der Waals surface area (Å²) in [6, 6.07) is 7.41. The van der Waals surface area contributed by atoms with E-state index in [9.17, 15) is 22.4 Å². The van der Waals surface area contributed by atoms with Gasteiger partial charge >= 0.3 is 6.18 Å². The number of alkyl halides is 3. The van der Waals surface area contributed by atoms with Gasteiger partial charge in [-0.3, -0.25) is 9.78 Å². The molecule has 0 aliphatic carbocycles. The molecule has 1 heterocycles. The first-order chi connectivity index (χ1) is 9.86. The quantitative estimate of drug-likeness (QED) is 0.884. The predicted molar refractivity (Wildman–Crippen MR) is 66.8 cm³/mol. The first-order valence-electron chi connectivity index (χ1n) is 5.92. The molecule has 0 saturated carbocycles. The van der Waals surface area contributed by atoms with Gasteiger partial charge in [-0.05, 0) is 29.8 Å². The summed E-state index contributed by atoms with van der Waals surface area (Å²) in [5, 5.41) is 2.47. The molecule has 110 valence electrons. The van der Waals surface area contributed by atoms with Crippen molar-refractivity contribution in [2.75, 3.05) is 0 Å². The fourth-order valence-electron chi connectivity index (χ4n) is 1.63. The number of nitrogens with one attached hydrogen (secondary N) is 1. The van der Waals surface area contributed by atoms with E-state index < -0.39 is 23.6 Å². The molecule has 0 spiro atoms. The Morgan fingerprint density at radius 2 is 1.95 bits per heavy atom. The number of nitrogens with zero attached hydrogens (tertiary/aromatic N) is 1. The van der Waals surface area contributed by atoms with E-state index >= 15 is 0 Å². The molecule has 0 unspecified atom stereocenters. The summed E-state index contributed by atoms with van der Waals surface area (Å²) in [5.74, 6) is -1.02. The van der Waals surface area contributed by atoms with E-state index in [1.165, 1.54) is 18.2 Å². The van der Waals surface area contributed by atoms with Gasteiger partial charge in [0.05, 0.1) is 5.56 Å². The van der Waals surface area contributed by atoms with Crippen LogP contribution in [0.25, 0.3) is 0 Å². The number of amides is 1. The number of halogens is 4. The molecule has 1 aromatic heterocycles. The van der Waals surface area contributed by atoms with Gasteiger partial charge in [0, 0.05) is 12.7 Å². The maximum Gasteiger partial charge on any atom is 0.433 e. The van der Waals surface area contributed by atoms with Crippen LogP contribution in [0.2, 0.25) is 0 Å². The SMILES string of the molecule is O=C(NCc1cccc(F)c1)c1ccc(C(F)(F)F)nc1. The van der Waals surface area contributed by atoms with Crippen LogP contribution in [0.1, 0.15) is 21.6 Å². The van der Waals surface area contributed by atoms with Gasteiger partial charge in [0.1, 0.15) is 11.5 Å². The van der Waals surface area contributed by atoms with E-state index in [0.717, 1.165) is 18.3 Å². The predicted octanol–water partition coefficient (Wildman–Crippen LogP) is 3.17. The lowest BCUT2D eigenvalue weighted by molar-refractivity contribution is -0.141. The van der Waals surface area contributed by atoms with E-state index in [2.05, 4.69) is 10.3 Å². The van der Waals surface area contributed by atoms with Gasteiger partial charge < -0.3 is 5.32 Å². The van der Waals surface area contributed by atoms with Crippen LogP contribution in [-0.4, -0.2) is 10.9 Å². The summed E-state index contributed by atoms with van der Waals surface area (Å²) in [7, 11) is 0. The van der Waals surface area contributed by atoms with Crippen molar-refractivity contribution in [3.8, 4) is 0 Å². The zero-order valence-electron chi connectivity index (χ0n) is 10.6. The molecule has 1 amide bonds. The smallest absolute Gasteiger partial charge is 0.348 e. The second-order valence-electron chi connectivity index (χ2n) is 4.24. The molecule has 2 aromatic rings. The number of benzene rings is 1. The molecule has 0 saturated heterocycles. The summed E-state index contributed by atoms with van der Waals surface area (Å²) >= 11 is 0. The monoisotopic (exact) mass is 298 g/mol. The Balaban J connectivity index is 2.00. The highest BCUT2D eigenvalue weighted by molar-refractivity contribution is 5.93. The molecular weight excluding hydrogens is 288 g/mol. The number of carbonyl (C=O) groups excluding carboxylic acids is 1. The number of carbonyl (C=O) groups is 1. The summed E-state index contributed by atoms with van der Waals surface area (Å²) in [5.41, 5.74) is -0.521. The number of pyridine rings is 1. The Labute approximate surface area is 117 Å². The molecule has 0 radical (unpaired) electrons. The van der Waals surface area contributed by atoms with E-state index in [1.807, 2.05) is 0 Å². The van der Waals surface area contributed by atoms with Crippen LogP contribution in [0.4, 0.5) is 17.6 Å². The van der Waals surface area contributed by atoms with Gasteiger partial charge in [-0.2, -0.15) is 13.2 Å². The zero-order valence-corrected chi connectivity index (χ0v) is 10.6. The minimum atomic E-state index is -4.55. The van der Waals surface area contributed by atoms with E-state index in [1.54, 1.807) is 6.07 Å². The second kappa shape index (κ2) is 5.90. The van der Waals surface area contributed by atoms with Crippen LogP contribution < -0.4 is 5.32 Å². The van der Waals surface area contributed by atoms with Crippen LogP contribution in [0.3, 0.4) is 0 Å². The lowest BCUT2D eigenvalue weighted by atomic mass is 10.2. The third kappa shape index (κ3) is 4.01. The molecule has 1 aromatic carbocycles. The Bertz CT molecular complexity index is 638. The maximum absolute atomic E-state index is 12.9. The van der Waals surface area contributed by atoms with Crippen molar-refractivity contribution in [1.82, 2.24) is 10.3 Å². The Morgan fingerprint density at radius 1 is 1.19 bits per heavy atom. The minimum absolute atomic E-state index is 0.000553. The molecule has 0 fully saturated rings. The van der Waals surface area contributed by atoms with Gasteiger partial charge in [0.25, 0.3) is 5.91 Å². The third-order valence-corrected chi connectivity index (χ3v) is 2.66. The molecule has 21 heavy (non-hydrogen) atoms. The number of hydrogen-bond acceptors (Lipinski definition) is 2. The number of rotatable bonds is 3. The fraction of sp³-hybridized carbons (Fsp3) is 0.143. The maximum atomic E-state index is 12.9. The van der Waals surface area contributed by atoms with Crippen molar-refractivity contribution >= 4 is 5.91 Å². The van der Waals surface area contributed by atoms with Gasteiger partial charge in [-0.25, -0.2) is 4.39 Å². The highest BCUT2D eigenvalue weighted by Gasteiger charge is 2.32. The molecule has 3 nitrogen and oxygen atoms in total. The van der Waals surface area contributed by atoms with Crippen molar-refractivity contribution in [1.29, 1.82) is 0 Å². The Kier molecular flexibility index (Phi) is 4.21. The lowest BCUT2D eigenvalue weighted by Crippen LogP contribution is -2.23. The van der Waals surface area contributed by atoms with Crippen LogP contribution >= 0.6 is 0 Å². The number of hydrogen-bond donors (Lipinski definition) is 1. The summed E-state index contributed by atoms with van der Waals surface area (Å²) < 4.78 is 49.9. The molecule has 0 aliphatic rings. The highest BCUT2D eigenvalue weighted by atomic mass is 19.4. The lowest BCUT2D eigenvalue weighted by Gasteiger charge is -2.07. The molecule has 2 rings (SSSR count). The highest BCUT2D eigenvalue weighted by Crippen LogP contribution is 2.27. The normalized spacial score (nSPS) is 11.2. The minimum Gasteiger partial charge on any atom is -0.348 e. The fourth-order valence-corrected chi connectivity index (χ4v) is 1.63. The first kappa shape index (κ1) is 15.0. The van der Waals surface area contributed by atoms with Crippen molar-refractivity contribution in [2.24, 2.45) is 0 Å². The molecule has 0 atom stereocenters. The van der Waals surface area contributed by atoms with Crippen LogP contribution in [-0.2, 0) is 12.7 Å². The molecule has 0 aliphatic heterocycles. The van der Waals surface area contributed by atoms with Crippen molar-refractivity contribution in [2.45, 2.75) is 12.7 Å². The van der Waals surface area contributed by atoms with Crippen molar-refractivity contribution in [3.05, 3.63) is 65.2 Å². The van der Waals surface area contributed by atoms with E-state index in [-0.39, 0.29) is 12.1 Å². The van der Waals surface area contributed by atoms with Crippen molar-refractivity contribution in [3.63, 3.8) is 0 Å².